The predicted octanol–water partition coefficient (Wildman–Crippen LogP) is 2.74. The Hall–Kier alpha value is -2.31. The van der Waals surface area contributed by atoms with E-state index in [1.54, 1.807) is 11.3 Å². The molecule has 3 heterocycles. The molecule has 2 aromatic heterocycles. The largest absolute Gasteiger partial charge is 0.368 e. The maximum atomic E-state index is 5.67. The summed E-state index contributed by atoms with van der Waals surface area (Å²) in [4.78, 5) is 16.7. The Morgan fingerprint density at radius 1 is 1.17 bits per heavy atom. The molecule has 0 amide bonds. The number of rotatable bonds is 3. The highest BCUT2D eigenvalue weighted by atomic mass is 32.1. The third kappa shape index (κ3) is 2.95. The number of hydrogen-bond donors (Lipinski definition) is 1. The van der Waals surface area contributed by atoms with Gasteiger partial charge in [-0.3, -0.25) is 4.90 Å². The first-order valence-electron chi connectivity index (χ1n) is 7.60. The molecule has 0 atom stereocenters. The third-order valence-electron chi connectivity index (χ3n) is 4.09. The molecular formula is C17H17N5S. The number of anilines is 1. The smallest absolute Gasteiger partial charge is 0.220 e. The lowest BCUT2D eigenvalue weighted by molar-refractivity contribution is 0.245. The molecule has 116 valence electrons. The summed E-state index contributed by atoms with van der Waals surface area (Å²) in [6, 6.07) is 10.4. The summed E-state index contributed by atoms with van der Waals surface area (Å²) in [5, 5.41) is 0. The van der Waals surface area contributed by atoms with Crippen molar-refractivity contribution in [2.45, 2.75) is 19.5 Å². The van der Waals surface area contributed by atoms with Crippen LogP contribution in [0.15, 0.2) is 42.0 Å². The van der Waals surface area contributed by atoms with Gasteiger partial charge >= 0.3 is 0 Å². The van der Waals surface area contributed by atoms with Gasteiger partial charge in [0.1, 0.15) is 0 Å². The number of fused-ring (bicyclic) bond motifs is 1. The topological polar surface area (TPSA) is 67.9 Å². The molecule has 6 heteroatoms. The summed E-state index contributed by atoms with van der Waals surface area (Å²) >= 11 is 1.72. The standard InChI is InChI=1S/C17H17N5S/c18-17-19-8-13-9-22(7-6-14(13)21-17)10-15-16(20-11-23-15)12-4-2-1-3-5-12/h1-5,8,11H,6-7,9-10H2,(H2,18,19,21). The minimum atomic E-state index is 0.367. The average molecular weight is 323 g/mol. The van der Waals surface area contributed by atoms with Gasteiger partial charge in [0.2, 0.25) is 5.95 Å². The Labute approximate surface area is 138 Å². The number of nitrogen functional groups attached to an aromatic ring is 1. The molecule has 1 aliphatic rings. The quantitative estimate of drug-likeness (QED) is 0.803. The molecule has 0 bridgehead atoms. The summed E-state index contributed by atoms with van der Waals surface area (Å²) in [7, 11) is 0. The first kappa shape index (κ1) is 14.3. The van der Waals surface area contributed by atoms with E-state index < -0.39 is 0 Å². The molecule has 0 radical (unpaired) electrons. The lowest BCUT2D eigenvalue weighted by atomic mass is 10.1. The van der Waals surface area contributed by atoms with Crippen molar-refractivity contribution in [3.63, 3.8) is 0 Å². The maximum absolute atomic E-state index is 5.67. The van der Waals surface area contributed by atoms with Crippen molar-refractivity contribution >= 4 is 17.3 Å². The number of hydrogen-bond acceptors (Lipinski definition) is 6. The third-order valence-corrected chi connectivity index (χ3v) is 4.90. The molecule has 2 N–H and O–H groups in total. The highest BCUT2D eigenvalue weighted by Crippen LogP contribution is 2.28. The van der Waals surface area contributed by atoms with Gasteiger partial charge in [-0.05, 0) is 0 Å². The van der Waals surface area contributed by atoms with Crippen molar-refractivity contribution in [2.75, 3.05) is 12.3 Å². The van der Waals surface area contributed by atoms with Crippen LogP contribution in [0.3, 0.4) is 0 Å². The monoisotopic (exact) mass is 323 g/mol. The molecule has 0 spiro atoms. The molecule has 23 heavy (non-hydrogen) atoms. The van der Waals surface area contributed by atoms with Crippen molar-refractivity contribution in [2.24, 2.45) is 0 Å². The fourth-order valence-electron chi connectivity index (χ4n) is 2.94. The van der Waals surface area contributed by atoms with Gasteiger partial charge in [-0.15, -0.1) is 11.3 Å². The normalized spacial score (nSPS) is 14.6. The van der Waals surface area contributed by atoms with Gasteiger partial charge in [-0.2, -0.15) is 0 Å². The van der Waals surface area contributed by atoms with Crippen molar-refractivity contribution in [3.8, 4) is 11.3 Å². The molecule has 1 aliphatic heterocycles. The second kappa shape index (κ2) is 6.06. The first-order chi connectivity index (χ1) is 11.3. The summed E-state index contributed by atoms with van der Waals surface area (Å²) < 4.78 is 0. The van der Waals surface area contributed by atoms with E-state index in [9.17, 15) is 0 Å². The van der Waals surface area contributed by atoms with E-state index in [-0.39, 0.29) is 0 Å². The van der Waals surface area contributed by atoms with E-state index in [0.29, 0.717) is 5.95 Å². The molecule has 3 aromatic rings. The Kier molecular flexibility index (Phi) is 3.77. The lowest BCUT2D eigenvalue weighted by Crippen LogP contribution is -2.31. The summed E-state index contributed by atoms with van der Waals surface area (Å²) in [6.45, 7) is 2.75. The van der Waals surface area contributed by atoms with Crippen LogP contribution >= 0.6 is 11.3 Å². The zero-order chi connectivity index (χ0) is 15.6. The van der Waals surface area contributed by atoms with E-state index in [2.05, 4.69) is 44.1 Å². The molecule has 5 nitrogen and oxygen atoms in total. The zero-order valence-corrected chi connectivity index (χ0v) is 13.5. The Morgan fingerprint density at radius 3 is 2.91 bits per heavy atom. The summed E-state index contributed by atoms with van der Waals surface area (Å²) in [5.74, 6) is 0.367. The number of aromatic nitrogens is 3. The Morgan fingerprint density at radius 2 is 2.04 bits per heavy atom. The van der Waals surface area contributed by atoms with E-state index in [0.717, 1.165) is 37.4 Å². The Bertz CT molecular complexity index is 815. The lowest BCUT2D eigenvalue weighted by Gasteiger charge is -2.27. The second-order valence-corrected chi connectivity index (χ2v) is 6.59. The number of nitrogens with zero attached hydrogens (tertiary/aromatic N) is 4. The van der Waals surface area contributed by atoms with Gasteiger partial charge in [-0.1, -0.05) is 30.3 Å². The van der Waals surface area contributed by atoms with Crippen molar-refractivity contribution < 1.29 is 0 Å². The number of nitrogens with two attached hydrogens (primary N) is 1. The minimum Gasteiger partial charge on any atom is -0.368 e. The van der Waals surface area contributed by atoms with Crippen LogP contribution in [-0.2, 0) is 19.5 Å². The molecule has 0 saturated carbocycles. The van der Waals surface area contributed by atoms with Crippen LogP contribution < -0.4 is 5.73 Å². The highest BCUT2D eigenvalue weighted by molar-refractivity contribution is 7.10. The maximum Gasteiger partial charge on any atom is 0.220 e. The minimum absolute atomic E-state index is 0.367. The molecule has 1 aromatic carbocycles. The fraction of sp³-hybridized carbons (Fsp3) is 0.235. The molecule has 0 fully saturated rings. The van der Waals surface area contributed by atoms with E-state index in [1.165, 1.54) is 16.0 Å². The SMILES string of the molecule is Nc1ncc2c(n1)CCN(Cc1scnc1-c1ccccc1)C2. The van der Waals surface area contributed by atoms with Crippen LogP contribution in [0.5, 0.6) is 0 Å². The van der Waals surface area contributed by atoms with E-state index in [1.807, 2.05) is 17.8 Å². The van der Waals surface area contributed by atoms with Crippen molar-refractivity contribution in [1.82, 2.24) is 19.9 Å². The van der Waals surface area contributed by atoms with Gasteiger partial charge in [0.25, 0.3) is 0 Å². The van der Waals surface area contributed by atoms with Gasteiger partial charge < -0.3 is 5.73 Å². The molecule has 4 rings (SSSR count). The van der Waals surface area contributed by atoms with Gasteiger partial charge in [0.05, 0.1) is 16.9 Å². The molecule has 0 aliphatic carbocycles. The predicted molar refractivity (Wildman–Crippen MR) is 91.8 cm³/mol. The van der Waals surface area contributed by atoms with Crippen LogP contribution in [0.25, 0.3) is 11.3 Å². The van der Waals surface area contributed by atoms with E-state index >= 15 is 0 Å². The van der Waals surface area contributed by atoms with Crippen LogP contribution in [0.2, 0.25) is 0 Å². The van der Waals surface area contributed by atoms with Gasteiger partial charge in [0.15, 0.2) is 0 Å². The zero-order valence-electron chi connectivity index (χ0n) is 12.6. The van der Waals surface area contributed by atoms with Gasteiger partial charge in [-0.25, -0.2) is 15.0 Å². The van der Waals surface area contributed by atoms with Gasteiger partial charge in [0, 0.05) is 48.3 Å². The highest BCUT2D eigenvalue weighted by Gasteiger charge is 2.20. The molecule has 0 saturated heterocycles. The Balaban J connectivity index is 1.54. The molecule has 0 unspecified atom stereocenters. The van der Waals surface area contributed by atoms with Crippen molar-refractivity contribution in [1.29, 1.82) is 0 Å². The molecular weight excluding hydrogens is 306 g/mol. The second-order valence-electron chi connectivity index (χ2n) is 5.65. The number of benzene rings is 1. The van der Waals surface area contributed by atoms with E-state index in [4.69, 9.17) is 5.73 Å². The average Bonchev–Trinajstić information content (AvgIpc) is 3.04. The summed E-state index contributed by atoms with van der Waals surface area (Å²) in [6.07, 6.45) is 2.77. The van der Waals surface area contributed by atoms with Crippen molar-refractivity contribution in [3.05, 3.63) is 58.2 Å². The van der Waals surface area contributed by atoms with Crippen LogP contribution in [0.4, 0.5) is 5.95 Å². The fourth-order valence-corrected chi connectivity index (χ4v) is 3.77. The number of thiazole rings is 1. The van der Waals surface area contributed by atoms with Crippen LogP contribution in [-0.4, -0.2) is 26.4 Å². The first-order valence-corrected chi connectivity index (χ1v) is 8.48. The van der Waals surface area contributed by atoms with Crippen LogP contribution in [0.1, 0.15) is 16.1 Å². The summed E-state index contributed by atoms with van der Waals surface area (Å²) in [5.41, 5.74) is 12.1. The van der Waals surface area contributed by atoms with Crippen LogP contribution in [0, 0.1) is 0 Å².